The number of aromatic nitrogens is 8. The molecule has 5 rings (SSSR count). The van der Waals surface area contributed by atoms with Crippen molar-refractivity contribution in [1.29, 1.82) is 0 Å². The quantitative estimate of drug-likeness (QED) is 0.359. The van der Waals surface area contributed by atoms with Crippen molar-refractivity contribution in [3.63, 3.8) is 0 Å². The van der Waals surface area contributed by atoms with E-state index in [-0.39, 0.29) is 5.56 Å². The van der Waals surface area contributed by atoms with Gasteiger partial charge in [0.1, 0.15) is 5.82 Å². The molecule has 0 atom stereocenters. The lowest BCUT2D eigenvalue weighted by Gasteiger charge is -2.11. The molecule has 0 saturated heterocycles. The van der Waals surface area contributed by atoms with Crippen molar-refractivity contribution in [2.45, 2.75) is 46.2 Å². The van der Waals surface area contributed by atoms with Gasteiger partial charge in [0, 0.05) is 25.1 Å². The van der Waals surface area contributed by atoms with E-state index < -0.39 is 5.69 Å². The van der Waals surface area contributed by atoms with Crippen LogP contribution in [0, 0.1) is 0 Å². The van der Waals surface area contributed by atoms with Crippen LogP contribution in [0.5, 0.6) is 0 Å². The number of H-pyrrole nitrogens is 2. The van der Waals surface area contributed by atoms with E-state index in [2.05, 4.69) is 37.5 Å². The van der Waals surface area contributed by atoms with Crippen LogP contribution in [0.15, 0.2) is 58.1 Å². The number of tetrazole rings is 1. The van der Waals surface area contributed by atoms with Gasteiger partial charge in [0.2, 0.25) is 5.82 Å². The Morgan fingerprint density at radius 3 is 2.37 bits per heavy atom. The van der Waals surface area contributed by atoms with Gasteiger partial charge in [-0.1, -0.05) is 62.4 Å². The fraction of sp³-hybridized carbons (Fsp3) is 0.280. The summed E-state index contributed by atoms with van der Waals surface area (Å²) in [4.78, 5) is 33.0. The van der Waals surface area contributed by atoms with Gasteiger partial charge in [-0.25, -0.2) is 9.78 Å². The first-order valence-corrected chi connectivity index (χ1v) is 11.7. The molecule has 0 bridgehead atoms. The first-order valence-electron chi connectivity index (χ1n) is 11.7. The predicted molar refractivity (Wildman–Crippen MR) is 133 cm³/mol. The van der Waals surface area contributed by atoms with Gasteiger partial charge in [-0.05, 0) is 34.7 Å². The second-order valence-electron chi connectivity index (χ2n) is 8.43. The Labute approximate surface area is 200 Å². The molecule has 0 saturated carbocycles. The number of aryl methyl sites for hydroxylation is 1. The summed E-state index contributed by atoms with van der Waals surface area (Å²) >= 11 is 0. The number of benzene rings is 2. The lowest BCUT2D eigenvalue weighted by Crippen LogP contribution is -2.35. The second-order valence-corrected chi connectivity index (χ2v) is 8.43. The smallest absolute Gasteiger partial charge is 0.318 e. The van der Waals surface area contributed by atoms with E-state index in [4.69, 9.17) is 0 Å². The molecule has 5 aromatic rings. The molecule has 3 aromatic heterocycles. The van der Waals surface area contributed by atoms with Gasteiger partial charge in [0.15, 0.2) is 11.2 Å². The van der Waals surface area contributed by atoms with Crippen molar-refractivity contribution in [2.24, 2.45) is 0 Å². The third-order valence-corrected chi connectivity index (χ3v) is 6.00. The monoisotopic (exact) mass is 470 g/mol. The van der Waals surface area contributed by atoms with Crippen LogP contribution in [0.25, 0.3) is 33.7 Å². The molecule has 0 spiro atoms. The summed E-state index contributed by atoms with van der Waals surface area (Å²) in [6, 6.07) is 16.1. The van der Waals surface area contributed by atoms with E-state index in [1.165, 1.54) is 4.57 Å². The van der Waals surface area contributed by atoms with Gasteiger partial charge in [-0.3, -0.25) is 14.3 Å². The molecule has 2 N–H and O–H groups in total. The Hall–Kier alpha value is -4.34. The van der Waals surface area contributed by atoms with E-state index >= 15 is 0 Å². The maximum Gasteiger partial charge on any atom is 0.330 e. The van der Waals surface area contributed by atoms with Crippen molar-refractivity contribution in [1.82, 2.24) is 39.7 Å². The van der Waals surface area contributed by atoms with Crippen LogP contribution in [0.4, 0.5) is 0 Å². The van der Waals surface area contributed by atoms with Gasteiger partial charge < -0.3 is 4.57 Å². The summed E-state index contributed by atoms with van der Waals surface area (Å²) < 4.78 is 3.19. The molecule has 3 heterocycles. The van der Waals surface area contributed by atoms with Crippen LogP contribution in [-0.2, 0) is 19.5 Å². The summed E-state index contributed by atoms with van der Waals surface area (Å²) in [6.45, 7) is 4.85. The molecular weight excluding hydrogens is 444 g/mol. The molecule has 0 unspecified atom stereocenters. The number of aromatic amines is 2. The molecule has 35 heavy (non-hydrogen) atoms. The normalized spacial score (nSPS) is 11.4. The highest BCUT2D eigenvalue weighted by atomic mass is 16.2. The van der Waals surface area contributed by atoms with Gasteiger partial charge in [0.25, 0.3) is 5.56 Å². The van der Waals surface area contributed by atoms with Gasteiger partial charge in [-0.15, -0.1) is 10.2 Å². The van der Waals surface area contributed by atoms with E-state index in [1.807, 2.05) is 60.0 Å². The zero-order valence-electron chi connectivity index (χ0n) is 19.7. The third kappa shape index (κ3) is 4.18. The third-order valence-electron chi connectivity index (χ3n) is 6.00. The van der Waals surface area contributed by atoms with Crippen LogP contribution < -0.4 is 11.2 Å². The Morgan fingerprint density at radius 2 is 1.69 bits per heavy atom. The number of rotatable bonds is 8. The first kappa shape index (κ1) is 22.5. The standard InChI is InChI=1S/C25H26N8O2/c1-3-7-20-26-23-21(24(34)32(14-4-2)25(35)27-23)33(20)15-16-10-12-17(13-11-16)18-8-5-6-9-19(18)22-28-30-31-29-22/h5-6,8-13H,3-4,7,14-15H2,1-2H3,(H,27,35)(H,28,29,30,31). The first-order chi connectivity index (χ1) is 17.1. The minimum absolute atomic E-state index is 0.300. The van der Waals surface area contributed by atoms with E-state index in [9.17, 15) is 9.59 Å². The molecule has 10 heteroatoms. The molecule has 0 aliphatic carbocycles. The molecule has 2 aromatic carbocycles. The maximum atomic E-state index is 13.2. The number of imidazole rings is 1. The second kappa shape index (κ2) is 9.49. The lowest BCUT2D eigenvalue weighted by atomic mass is 9.98. The number of nitrogens with zero attached hydrogens (tertiary/aromatic N) is 6. The molecule has 10 nitrogen and oxygen atoms in total. The van der Waals surface area contributed by atoms with Crippen LogP contribution in [0.1, 0.15) is 38.1 Å². The average Bonchev–Trinajstić information content (AvgIpc) is 3.51. The van der Waals surface area contributed by atoms with Crippen molar-refractivity contribution in [3.05, 3.63) is 80.8 Å². The summed E-state index contributed by atoms with van der Waals surface area (Å²) in [5.74, 6) is 1.33. The van der Waals surface area contributed by atoms with Gasteiger partial charge in [-0.2, -0.15) is 5.21 Å². The van der Waals surface area contributed by atoms with E-state index in [0.717, 1.165) is 34.5 Å². The SMILES string of the molecule is CCCc1nc2[nH]c(=O)n(CCC)c(=O)c2n1Cc1ccc(-c2ccccc2-c2nn[nH]n2)cc1. The number of fused-ring (bicyclic) bond motifs is 1. The fourth-order valence-corrected chi connectivity index (χ4v) is 4.38. The molecular formula is C25H26N8O2. The zero-order valence-corrected chi connectivity index (χ0v) is 19.7. The summed E-state index contributed by atoms with van der Waals surface area (Å²) in [5.41, 5.74) is 4.01. The highest BCUT2D eigenvalue weighted by Crippen LogP contribution is 2.30. The Balaban J connectivity index is 1.54. The summed E-state index contributed by atoms with van der Waals surface area (Å²) in [7, 11) is 0. The van der Waals surface area contributed by atoms with Crippen LogP contribution in [0.2, 0.25) is 0 Å². The Morgan fingerprint density at radius 1 is 0.914 bits per heavy atom. The van der Waals surface area contributed by atoms with E-state index in [1.54, 1.807) is 0 Å². The van der Waals surface area contributed by atoms with Crippen molar-refractivity contribution in [3.8, 4) is 22.5 Å². The molecule has 0 aliphatic rings. The molecule has 178 valence electrons. The zero-order chi connectivity index (χ0) is 24.4. The van der Waals surface area contributed by atoms with Crippen molar-refractivity contribution < 1.29 is 0 Å². The number of hydrogen-bond acceptors (Lipinski definition) is 6. The lowest BCUT2D eigenvalue weighted by molar-refractivity contribution is 0.618. The van der Waals surface area contributed by atoms with Crippen LogP contribution in [-0.4, -0.2) is 39.7 Å². The molecule has 0 radical (unpaired) electrons. The Bertz CT molecular complexity index is 1580. The Kier molecular flexibility index (Phi) is 6.09. The van der Waals surface area contributed by atoms with Gasteiger partial charge in [0.05, 0.1) is 0 Å². The van der Waals surface area contributed by atoms with E-state index in [0.29, 0.717) is 42.9 Å². The highest BCUT2D eigenvalue weighted by molar-refractivity contribution is 5.80. The van der Waals surface area contributed by atoms with Crippen molar-refractivity contribution in [2.75, 3.05) is 0 Å². The number of nitrogens with one attached hydrogen (secondary N) is 2. The van der Waals surface area contributed by atoms with Crippen LogP contribution >= 0.6 is 0 Å². The van der Waals surface area contributed by atoms with Gasteiger partial charge >= 0.3 is 5.69 Å². The topological polar surface area (TPSA) is 127 Å². The average molecular weight is 471 g/mol. The maximum absolute atomic E-state index is 13.2. The molecule has 0 fully saturated rings. The largest absolute Gasteiger partial charge is 0.330 e. The molecule has 0 aliphatic heterocycles. The fourth-order valence-electron chi connectivity index (χ4n) is 4.38. The minimum atomic E-state index is -0.415. The summed E-state index contributed by atoms with van der Waals surface area (Å²) in [6.07, 6.45) is 2.28. The molecule has 0 amide bonds. The van der Waals surface area contributed by atoms with Crippen molar-refractivity contribution >= 4 is 11.2 Å². The predicted octanol–water partition coefficient (Wildman–Crippen LogP) is 3.14. The number of hydrogen-bond donors (Lipinski definition) is 2. The minimum Gasteiger partial charge on any atom is -0.318 e. The van der Waals surface area contributed by atoms with Crippen LogP contribution in [0.3, 0.4) is 0 Å². The summed E-state index contributed by atoms with van der Waals surface area (Å²) in [5, 5.41) is 14.4. The highest BCUT2D eigenvalue weighted by Gasteiger charge is 2.18.